The van der Waals surface area contributed by atoms with Gasteiger partial charge in [-0.3, -0.25) is 19.4 Å². The van der Waals surface area contributed by atoms with Gasteiger partial charge in [0.2, 0.25) is 5.91 Å². The van der Waals surface area contributed by atoms with Crippen LogP contribution in [0.2, 0.25) is 0 Å². The van der Waals surface area contributed by atoms with Crippen LogP contribution in [0.3, 0.4) is 0 Å². The van der Waals surface area contributed by atoms with Crippen LogP contribution in [0.1, 0.15) is 29.5 Å². The van der Waals surface area contributed by atoms with E-state index >= 15 is 0 Å². The minimum Gasteiger partial charge on any atom is -0.493 e. The van der Waals surface area contributed by atoms with Crippen molar-refractivity contribution in [2.45, 2.75) is 32.4 Å². The average Bonchev–Trinajstić information content (AvgIpc) is 3.69. The van der Waals surface area contributed by atoms with Crippen molar-refractivity contribution < 1.29 is 19.0 Å². The molecule has 1 fully saturated rings. The molecule has 6 rings (SSSR count). The van der Waals surface area contributed by atoms with E-state index in [9.17, 15) is 4.79 Å². The van der Waals surface area contributed by atoms with Gasteiger partial charge in [-0.1, -0.05) is 6.07 Å². The lowest BCUT2D eigenvalue weighted by Gasteiger charge is -2.27. The molecule has 41 heavy (non-hydrogen) atoms. The molecular weight excluding hydrogens is 520 g/mol. The first-order valence-electron chi connectivity index (χ1n) is 14.2. The van der Waals surface area contributed by atoms with Crippen LogP contribution in [-0.2, 0) is 29.0 Å². The number of carbonyl (C=O) groups excluding carboxylic acids is 1. The van der Waals surface area contributed by atoms with Crippen LogP contribution in [0.15, 0.2) is 61.2 Å². The van der Waals surface area contributed by atoms with Crippen LogP contribution in [-0.4, -0.2) is 82.0 Å². The van der Waals surface area contributed by atoms with Gasteiger partial charge in [-0.25, -0.2) is 4.98 Å². The van der Waals surface area contributed by atoms with Gasteiger partial charge >= 0.3 is 0 Å². The van der Waals surface area contributed by atoms with Crippen molar-refractivity contribution in [3.05, 3.63) is 77.9 Å². The number of H-pyrrole nitrogens is 1. The second-order valence-electron chi connectivity index (χ2n) is 10.5. The number of hydrogen-bond acceptors (Lipinski definition) is 7. The third kappa shape index (κ3) is 6.44. The maximum Gasteiger partial charge on any atom is 0.222 e. The van der Waals surface area contributed by atoms with Gasteiger partial charge in [-0.2, -0.15) is 5.10 Å². The predicted molar refractivity (Wildman–Crippen MR) is 154 cm³/mol. The first-order valence-corrected chi connectivity index (χ1v) is 14.2. The summed E-state index contributed by atoms with van der Waals surface area (Å²) in [5.74, 6) is 2.20. The molecule has 0 saturated carbocycles. The van der Waals surface area contributed by atoms with Gasteiger partial charge in [0.25, 0.3) is 0 Å². The third-order valence-corrected chi connectivity index (χ3v) is 7.64. The average molecular weight is 557 g/mol. The number of morpholine rings is 1. The molecule has 2 aromatic heterocycles. The van der Waals surface area contributed by atoms with Gasteiger partial charge in [-0.05, 0) is 59.9 Å². The number of rotatable bonds is 7. The van der Waals surface area contributed by atoms with E-state index in [-0.39, 0.29) is 5.91 Å². The highest BCUT2D eigenvalue weighted by Crippen LogP contribution is 2.33. The zero-order chi connectivity index (χ0) is 28.0. The summed E-state index contributed by atoms with van der Waals surface area (Å²) in [7, 11) is 1.63. The van der Waals surface area contributed by atoms with E-state index < -0.39 is 0 Å². The van der Waals surface area contributed by atoms with Gasteiger partial charge < -0.3 is 19.1 Å². The summed E-state index contributed by atoms with van der Waals surface area (Å²) in [5, 5.41) is 6.85. The minimum atomic E-state index is 0.108. The summed E-state index contributed by atoms with van der Waals surface area (Å²) in [6.07, 6.45) is 9.50. The molecule has 0 atom stereocenters. The summed E-state index contributed by atoms with van der Waals surface area (Å²) < 4.78 is 19.5. The van der Waals surface area contributed by atoms with Crippen LogP contribution in [0.5, 0.6) is 11.5 Å². The predicted octanol–water partition coefficient (Wildman–Crippen LogP) is 3.85. The normalized spacial score (nSPS) is 15.7. The Labute approximate surface area is 239 Å². The molecule has 0 aliphatic carbocycles. The molecule has 1 saturated heterocycles. The lowest BCUT2D eigenvalue weighted by molar-refractivity contribution is -0.132. The highest BCUT2D eigenvalue weighted by molar-refractivity contribution is 5.76. The number of aromatic amines is 1. The topological polar surface area (TPSA) is 97.7 Å². The van der Waals surface area contributed by atoms with Gasteiger partial charge in [0.1, 0.15) is 12.4 Å². The Morgan fingerprint density at radius 1 is 1.07 bits per heavy atom. The summed E-state index contributed by atoms with van der Waals surface area (Å²) in [6, 6.07) is 12.5. The van der Waals surface area contributed by atoms with Crippen LogP contribution >= 0.6 is 0 Å². The molecular formula is C31H36N6O4. The molecule has 0 unspecified atom stereocenters. The number of aromatic nitrogens is 4. The van der Waals surface area contributed by atoms with Gasteiger partial charge in [0.15, 0.2) is 11.5 Å². The summed E-state index contributed by atoms with van der Waals surface area (Å²) in [5.41, 5.74) is 5.33. The number of nitrogens with zero attached hydrogens (tertiary/aromatic N) is 5. The van der Waals surface area contributed by atoms with Crippen molar-refractivity contribution in [1.29, 1.82) is 0 Å². The van der Waals surface area contributed by atoms with E-state index in [0.717, 1.165) is 73.9 Å². The Morgan fingerprint density at radius 2 is 1.98 bits per heavy atom. The molecule has 214 valence electrons. The number of imidazole rings is 1. The van der Waals surface area contributed by atoms with Crippen LogP contribution in [0.4, 0.5) is 0 Å². The number of carbonyl (C=O) groups is 1. The Morgan fingerprint density at radius 3 is 2.80 bits per heavy atom. The maximum atomic E-state index is 13.6. The molecule has 2 aliphatic heterocycles. The first kappa shape index (κ1) is 27.0. The number of benzene rings is 2. The van der Waals surface area contributed by atoms with Crippen molar-refractivity contribution in [2.24, 2.45) is 0 Å². The minimum absolute atomic E-state index is 0.108. The number of methoxy groups -OCH3 is 1. The molecule has 2 aliphatic rings. The van der Waals surface area contributed by atoms with Crippen LogP contribution < -0.4 is 9.47 Å². The Bertz CT molecular complexity index is 1460. The van der Waals surface area contributed by atoms with Gasteiger partial charge in [0.05, 0.1) is 33.1 Å². The highest BCUT2D eigenvalue weighted by Gasteiger charge is 2.20. The quantitative estimate of drug-likeness (QED) is 0.369. The van der Waals surface area contributed by atoms with Crippen LogP contribution in [0.25, 0.3) is 17.1 Å². The van der Waals surface area contributed by atoms with E-state index in [1.165, 1.54) is 5.56 Å². The largest absolute Gasteiger partial charge is 0.493 e. The van der Waals surface area contributed by atoms with Crippen molar-refractivity contribution in [1.82, 2.24) is 29.5 Å². The molecule has 4 heterocycles. The molecule has 10 heteroatoms. The third-order valence-electron chi connectivity index (χ3n) is 7.64. The molecule has 0 spiro atoms. The Hall–Kier alpha value is -4.15. The van der Waals surface area contributed by atoms with E-state index in [4.69, 9.17) is 19.2 Å². The van der Waals surface area contributed by atoms with E-state index in [0.29, 0.717) is 37.6 Å². The molecule has 10 nitrogen and oxygen atoms in total. The number of hydrogen-bond donors (Lipinski definition) is 1. The first-order chi connectivity index (χ1) is 20.2. The number of fused-ring (bicyclic) bond motifs is 7. The fraction of sp³-hybridized carbons (Fsp3) is 0.387. The monoisotopic (exact) mass is 556 g/mol. The standard InChI is InChI=1S/C31H36N6O4/c1-39-28-6-5-26-18-29(28)41-14-11-36(30(38)4-2-3-23-19-33-34-20-23)22-25-15-24(21-35-9-12-40-13-10-35)16-27(17-25)37-8-7-32-31(26)37/h5-8,15-20H,2-4,9-14,21-22H2,1H3,(H,33,34). The number of aryl methyl sites for hydroxylation is 1. The number of ether oxygens (including phenoxy) is 3. The van der Waals surface area contributed by atoms with E-state index in [1.807, 2.05) is 47.9 Å². The zero-order valence-corrected chi connectivity index (χ0v) is 23.4. The van der Waals surface area contributed by atoms with Crippen molar-refractivity contribution in [2.75, 3.05) is 46.6 Å². The molecule has 4 aromatic rings. The van der Waals surface area contributed by atoms with Crippen molar-refractivity contribution in [3.8, 4) is 28.6 Å². The molecule has 1 amide bonds. The number of nitrogens with one attached hydrogen (secondary N) is 1. The van der Waals surface area contributed by atoms with E-state index in [2.05, 4.69) is 37.9 Å². The lowest BCUT2D eigenvalue weighted by Crippen LogP contribution is -2.36. The molecule has 0 radical (unpaired) electrons. The maximum absolute atomic E-state index is 13.6. The SMILES string of the molecule is COc1ccc2cc1OCCN(C(=O)CCCc1cn[nH]c1)Cc1cc(CN3CCOCC3)cc(c1)-n1ccnc1-2. The molecule has 1 N–H and O–H groups in total. The number of amides is 1. The van der Waals surface area contributed by atoms with Crippen molar-refractivity contribution >= 4 is 5.91 Å². The molecule has 2 aromatic carbocycles. The van der Waals surface area contributed by atoms with Gasteiger partial charge in [0, 0.05) is 62.4 Å². The highest BCUT2D eigenvalue weighted by atomic mass is 16.5. The second-order valence-corrected chi connectivity index (χ2v) is 10.5. The fourth-order valence-electron chi connectivity index (χ4n) is 5.53. The Balaban J connectivity index is 1.34. The second kappa shape index (κ2) is 12.6. The fourth-order valence-corrected chi connectivity index (χ4v) is 5.53. The van der Waals surface area contributed by atoms with Crippen molar-refractivity contribution in [3.63, 3.8) is 0 Å². The molecule has 4 bridgehead atoms. The Kier molecular flexibility index (Phi) is 8.29. The summed E-state index contributed by atoms with van der Waals surface area (Å²) >= 11 is 0. The van der Waals surface area contributed by atoms with E-state index in [1.54, 1.807) is 7.11 Å². The van der Waals surface area contributed by atoms with Crippen LogP contribution in [0, 0.1) is 0 Å². The summed E-state index contributed by atoms with van der Waals surface area (Å²) in [4.78, 5) is 22.6. The zero-order valence-electron chi connectivity index (χ0n) is 23.4. The smallest absolute Gasteiger partial charge is 0.222 e. The lowest BCUT2D eigenvalue weighted by atomic mass is 10.1. The van der Waals surface area contributed by atoms with Gasteiger partial charge in [-0.15, -0.1) is 0 Å². The summed E-state index contributed by atoms with van der Waals surface area (Å²) in [6.45, 7) is 5.44.